The molecule has 1 atom stereocenters. The summed E-state index contributed by atoms with van der Waals surface area (Å²) in [6.45, 7) is 7.38. The highest BCUT2D eigenvalue weighted by Gasteiger charge is 2.35. The molecular weight excluding hydrogens is 188 g/mol. The van der Waals surface area contributed by atoms with Gasteiger partial charge in [-0.25, -0.2) is 4.79 Å². The minimum atomic E-state index is 0.00317. The second-order valence-corrected chi connectivity index (χ2v) is 5.19. The minimum absolute atomic E-state index is 0.00317. The van der Waals surface area contributed by atoms with Crippen LogP contribution in [0.25, 0.3) is 0 Å². The monoisotopic (exact) mass is 212 g/mol. The summed E-state index contributed by atoms with van der Waals surface area (Å²) in [6.07, 6.45) is 5.74. The molecule has 0 aromatic rings. The molecule has 0 heterocycles. The molecule has 3 heteroatoms. The molecule has 1 rings (SSSR count). The van der Waals surface area contributed by atoms with Crippen molar-refractivity contribution in [2.45, 2.75) is 58.9 Å². The number of hydrogen-bond donors (Lipinski definition) is 2. The van der Waals surface area contributed by atoms with Crippen LogP contribution >= 0.6 is 0 Å². The van der Waals surface area contributed by atoms with Crippen LogP contribution in [0.4, 0.5) is 4.79 Å². The maximum atomic E-state index is 11.5. The molecule has 0 aromatic carbocycles. The molecule has 1 fully saturated rings. The fourth-order valence-electron chi connectivity index (χ4n) is 2.18. The van der Waals surface area contributed by atoms with Crippen molar-refractivity contribution < 1.29 is 4.79 Å². The van der Waals surface area contributed by atoms with E-state index in [4.69, 9.17) is 0 Å². The fourth-order valence-corrected chi connectivity index (χ4v) is 2.18. The third kappa shape index (κ3) is 3.73. The summed E-state index contributed by atoms with van der Waals surface area (Å²) in [5, 5.41) is 5.98. The van der Waals surface area contributed by atoms with E-state index in [1.807, 2.05) is 0 Å². The van der Waals surface area contributed by atoms with Gasteiger partial charge in [0.2, 0.25) is 0 Å². The Morgan fingerprint density at radius 1 is 1.47 bits per heavy atom. The van der Waals surface area contributed by atoms with Crippen molar-refractivity contribution >= 4 is 6.03 Å². The Balaban J connectivity index is 2.25. The van der Waals surface area contributed by atoms with Crippen LogP contribution in [0.2, 0.25) is 0 Å². The topological polar surface area (TPSA) is 41.1 Å². The van der Waals surface area contributed by atoms with E-state index in [1.54, 1.807) is 0 Å². The summed E-state index contributed by atoms with van der Waals surface area (Å²) in [7, 11) is 0. The van der Waals surface area contributed by atoms with E-state index in [0.717, 1.165) is 25.8 Å². The third-order valence-corrected chi connectivity index (χ3v) is 3.38. The lowest BCUT2D eigenvalue weighted by atomic mass is 9.87. The first-order chi connectivity index (χ1) is 7.06. The summed E-state index contributed by atoms with van der Waals surface area (Å²) in [5.41, 5.74) is 0.266. The van der Waals surface area contributed by atoms with Gasteiger partial charge in [-0.05, 0) is 24.7 Å². The largest absolute Gasteiger partial charge is 0.338 e. The van der Waals surface area contributed by atoms with Crippen molar-refractivity contribution in [3.05, 3.63) is 0 Å². The number of amides is 2. The van der Waals surface area contributed by atoms with E-state index in [1.165, 1.54) is 12.8 Å². The molecule has 88 valence electrons. The average molecular weight is 212 g/mol. The van der Waals surface area contributed by atoms with Crippen LogP contribution in [-0.2, 0) is 0 Å². The van der Waals surface area contributed by atoms with Crippen LogP contribution < -0.4 is 10.6 Å². The Hall–Kier alpha value is -0.730. The van der Waals surface area contributed by atoms with Gasteiger partial charge in [0.1, 0.15) is 0 Å². The molecule has 0 bridgehead atoms. The van der Waals surface area contributed by atoms with Crippen molar-refractivity contribution in [3.8, 4) is 0 Å². The van der Waals surface area contributed by atoms with Crippen molar-refractivity contribution in [3.63, 3.8) is 0 Å². The molecule has 0 aromatic heterocycles. The van der Waals surface area contributed by atoms with Crippen LogP contribution in [0.15, 0.2) is 0 Å². The number of unbranched alkanes of at least 4 members (excludes halogenated alkanes) is 1. The van der Waals surface area contributed by atoms with Crippen molar-refractivity contribution in [2.24, 2.45) is 5.41 Å². The van der Waals surface area contributed by atoms with Gasteiger partial charge in [-0.3, -0.25) is 0 Å². The lowest BCUT2D eigenvalue weighted by molar-refractivity contribution is 0.222. The molecule has 0 aliphatic heterocycles. The molecule has 0 spiro atoms. The summed E-state index contributed by atoms with van der Waals surface area (Å²) in [6, 6.07) is 0.350. The Labute approximate surface area is 93.0 Å². The predicted octanol–water partition coefficient (Wildman–Crippen LogP) is 2.66. The molecule has 1 unspecified atom stereocenters. The molecule has 2 amide bonds. The molecule has 1 saturated carbocycles. The lowest BCUT2D eigenvalue weighted by Crippen LogP contribution is -2.46. The second-order valence-electron chi connectivity index (χ2n) is 5.19. The first kappa shape index (κ1) is 12.3. The van der Waals surface area contributed by atoms with E-state index in [2.05, 4.69) is 31.4 Å². The molecule has 0 saturated heterocycles. The lowest BCUT2D eigenvalue weighted by Gasteiger charge is -2.27. The van der Waals surface area contributed by atoms with Crippen LogP contribution in [0.1, 0.15) is 52.9 Å². The van der Waals surface area contributed by atoms with E-state index < -0.39 is 0 Å². The number of carbonyl (C=O) groups excluding carboxylic acids is 1. The van der Waals surface area contributed by atoms with Crippen molar-refractivity contribution in [1.29, 1.82) is 0 Å². The van der Waals surface area contributed by atoms with Crippen LogP contribution in [0.5, 0.6) is 0 Å². The number of rotatable bonds is 4. The summed E-state index contributed by atoms with van der Waals surface area (Å²) < 4.78 is 0. The van der Waals surface area contributed by atoms with Gasteiger partial charge in [0.15, 0.2) is 0 Å². The first-order valence-electron chi connectivity index (χ1n) is 6.10. The maximum absolute atomic E-state index is 11.5. The Morgan fingerprint density at radius 3 is 2.73 bits per heavy atom. The van der Waals surface area contributed by atoms with Gasteiger partial charge in [-0.15, -0.1) is 0 Å². The highest BCUT2D eigenvalue weighted by atomic mass is 16.2. The number of nitrogens with one attached hydrogen (secondary N) is 2. The standard InChI is InChI=1S/C12H24N2O/c1-4-5-9-13-11(15)14-10-7-6-8-12(10,2)3/h10H,4-9H2,1-3H3,(H2,13,14,15). The normalized spacial score (nSPS) is 23.8. The quantitative estimate of drug-likeness (QED) is 0.691. The van der Waals surface area contributed by atoms with E-state index in [-0.39, 0.29) is 11.4 Å². The second kappa shape index (κ2) is 5.38. The molecule has 0 radical (unpaired) electrons. The van der Waals surface area contributed by atoms with Gasteiger partial charge in [-0.1, -0.05) is 33.6 Å². The van der Waals surface area contributed by atoms with Gasteiger partial charge in [-0.2, -0.15) is 0 Å². The minimum Gasteiger partial charge on any atom is -0.338 e. The van der Waals surface area contributed by atoms with Gasteiger partial charge < -0.3 is 10.6 Å². The number of carbonyl (C=O) groups is 1. The Bertz CT molecular complexity index is 214. The molecule has 1 aliphatic rings. The highest BCUT2D eigenvalue weighted by molar-refractivity contribution is 5.74. The van der Waals surface area contributed by atoms with Gasteiger partial charge in [0.05, 0.1) is 0 Å². The van der Waals surface area contributed by atoms with Gasteiger partial charge in [0, 0.05) is 12.6 Å². The third-order valence-electron chi connectivity index (χ3n) is 3.38. The number of urea groups is 1. The van der Waals surface area contributed by atoms with Crippen LogP contribution in [-0.4, -0.2) is 18.6 Å². The van der Waals surface area contributed by atoms with Crippen LogP contribution in [0, 0.1) is 5.41 Å². The fraction of sp³-hybridized carbons (Fsp3) is 0.917. The molecule has 15 heavy (non-hydrogen) atoms. The summed E-state index contributed by atoms with van der Waals surface area (Å²) >= 11 is 0. The van der Waals surface area contributed by atoms with E-state index >= 15 is 0 Å². The van der Waals surface area contributed by atoms with Crippen molar-refractivity contribution in [2.75, 3.05) is 6.54 Å². The first-order valence-corrected chi connectivity index (χ1v) is 6.10. The summed E-state index contributed by atoms with van der Waals surface area (Å²) in [4.78, 5) is 11.5. The molecule has 2 N–H and O–H groups in total. The zero-order valence-corrected chi connectivity index (χ0v) is 10.2. The summed E-state index contributed by atoms with van der Waals surface area (Å²) in [5.74, 6) is 0. The number of hydrogen-bond acceptors (Lipinski definition) is 1. The van der Waals surface area contributed by atoms with Crippen LogP contribution in [0.3, 0.4) is 0 Å². The molecule has 1 aliphatic carbocycles. The molecule has 3 nitrogen and oxygen atoms in total. The predicted molar refractivity (Wildman–Crippen MR) is 62.9 cm³/mol. The highest BCUT2D eigenvalue weighted by Crippen LogP contribution is 2.36. The van der Waals surface area contributed by atoms with Gasteiger partial charge >= 0.3 is 6.03 Å². The van der Waals surface area contributed by atoms with Gasteiger partial charge in [0.25, 0.3) is 0 Å². The maximum Gasteiger partial charge on any atom is 0.315 e. The Morgan fingerprint density at radius 2 is 2.20 bits per heavy atom. The smallest absolute Gasteiger partial charge is 0.315 e. The van der Waals surface area contributed by atoms with Crippen molar-refractivity contribution in [1.82, 2.24) is 10.6 Å². The average Bonchev–Trinajstić information content (AvgIpc) is 2.46. The zero-order valence-electron chi connectivity index (χ0n) is 10.2. The Kier molecular flexibility index (Phi) is 4.43. The zero-order chi connectivity index (χ0) is 11.3. The van der Waals surface area contributed by atoms with E-state index in [0.29, 0.717) is 6.04 Å². The SMILES string of the molecule is CCCCNC(=O)NC1CCCC1(C)C. The molecular formula is C12H24N2O. The van der Waals surface area contributed by atoms with E-state index in [9.17, 15) is 4.79 Å².